The minimum atomic E-state index is 0. The summed E-state index contributed by atoms with van der Waals surface area (Å²) in [5.74, 6) is 2.30. The molecule has 2 aliphatic heterocycles. The number of likely N-dealkylation sites (N-methyl/N-ethyl adjacent to an activating group) is 1. The molecule has 0 bridgehead atoms. The van der Waals surface area contributed by atoms with Crippen LogP contribution in [0.5, 0.6) is 0 Å². The SMILES string of the molecule is CCNC(=NCC1(N(C)C)CCOCC1)N1CCSC(CC)C1.I. The number of guanidine groups is 1. The summed E-state index contributed by atoms with van der Waals surface area (Å²) >= 11 is 2.10. The standard InChI is InChI=1S/C17H34N4OS.HI/c1-5-15-13-21(9-12-23-15)16(18-6-2)19-14-17(20(3)4)7-10-22-11-8-17;/h15H,5-14H2,1-4H3,(H,18,19);1H. The Bertz CT molecular complexity index is 389. The summed E-state index contributed by atoms with van der Waals surface area (Å²) < 4.78 is 5.57. The van der Waals surface area contributed by atoms with Gasteiger partial charge in [0, 0.05) is 49.4 Å². The molecule has 1 unspecified atom stereocenters. The van der Waals surface area contributed by atoms with Crippen LogP contribution in [0.25, 0.3) is 0 Å². The van der Waals surface area contributed by atoms with E-state index in [0.717, 1.165) is 63.4 Å². The molecule has 2 aliphatic rings. The number of rotatable bonds is 5. The van der Waals surface area contributed by atoms with Crippen molar-refractivity contribution in [2.45, 2.75) is 43.9 Å². The van der Waals surface area contributed by atoms with Crippen molar-refractivity contribution in [2.24, 2.45) is 4.99 Å². The highest BCUT2D eigenvalue weighted by molar-refractivity contribution is 14.0. The molecule has 142 valence electrons. The number of hydrogen-bond acceptors (Lipinski definition) is 4. The van der Waals surface area contributed by atoms with E-state index in [1.807, 2.05) is 0 Å². The van der Waals surface area contributed by atoms with E-state index in [0.29, 0.717) is 0 Å². The molecular weight excluding hydrogens is 435 g/mol. The van der Waals surface area contributed by atoms with Crippen LogP contribution in [0.4, 0.5) is 0 Å². The highest BCUT2D eigenvalue weighted by Crippen LogP contribution is 2.27. The van der Waals surface area contributed by atoms with Gasteiger partial charge in [-0.3, -0.25) is 4.99 Å². The third-order valence-electron chi connectivity index (χ3n) is 5.12. The Morgan fingerprint density at radius 3 is 2.62 bits per heavy atom. The Kier molecular flexibility index (Phi) is 10.3. The monoisotopic (exact) mass is 470 g/mol. The number of hydrogen-bond donors (Lipinski definition) is 1. The zero-order valence-electron chi connectivity index (χ0n) is 15.7. The fourth-order valence-electron chi connectivity index (χ4n) is 3.30. The lowest BCUT2D eigenvalue weighted by Gasteiger charge is -2.42. The van der Waals surface area contributed by atoms with Crippen molar-refractivity contribution in [1.29, 1.82) is 0 Å². The molecule has 0 aromatic heterocycles. The molecule has 0 radical (unpaired) electrons. The number of aliphatic imine (C=N–C) groups is 1. The molecule has 0 aromatic carbocycles. The van der Waals surface area contributed by atoms with Crippen LogP contribution in [0, 0.1) is 0 Å². The summed E-state index contributed by atoms with van der Waals surface area (Å²) in [5, 5.41) is 4.24. The maximum atomic E-state index is 5.57. The lowest BCUT2D eigenvalue weighted by molar-refractivity contribution is -0.00264. The van der Waals surface area contributed by atoms with Crippen molar-refractivity contribution in [3.8, 4) is 0 Å². The van der Waals surface area contributed by atoms with Gasteiger partial charge in [-0.05, 0) is 40.3 Å². The lowest BCUT2D eigenvalue weighted by Crippen LogP contribution is -2.53. The van der Waals surface area contributed by atoms with E-state index in [9.17, 15) is 0 Å². The Balaban J connectivity index is 0.00000288. The molecule has 0 aromatic rings. The third kappa shape index (κ3) is 5.92. The van der Waals surface area contributed by atoms with Gasteiger partial charge in [-0.25, -0.2) is 0 Å². The van der Waals surface area contributed by atoms with Crippen molar-refractivity contribution >= 4 is 41.7 Å². The van der Waals surface area contributed by atoms with E-state index in [4.69, 9.17) is 9.73 Å². The molecule has 0 saturated carbocycles. The van der Waals surface area contributed by atoms with E-state index in [-0.39, 0.29) is 29.5 Å². The highest BCUT2D eigenvalue weighted by atomic mass is 127. The van der Waals surface area contributed by atoms with Crippen LogP contribution in [0.2, 0.25) is 0 Å². The number of thioether (sulfide) groups is 1. The van der Waals surface area contributed by atoms with Gasteiger partial charge in [0.25, 0.3) is 0 Å². The van der Waals surface area contributed by atoms with E-state index in [1.54, 1.807) is 0 Å². The summed E-state index contributed by atoms with van der Waals surface area (Å²) in [6.45, 7) is 10.1. The molecule has 5 nitrogen and oxygen atoms in total. The van der Waals surface area contributed by atoms with Gasteiger partial charge in [0.1, 0.15) is 0 Å². The first-order chi connectivity index (χ1) is 11.1. The van der Waals surface area contributed by atoms with Crippen molar-refractivity contribution in [3.63, 3.8) is 0 Å². The minimum Gasteiger partial charge on any atom is -0.381 e. The highest BCUT2D eigenvalue weighted by Gasteiger charge is 2.35. The molecule has 24 heavy (non-hydrogen) atoms. The van der Waals surface area contributed by atoms with Crippen molar-refractivity contribution in [1.82, 2.24) is 15.1 Å². The average molecular weight is 470 g/mol. The molecular formula is C17H35IN4OS. The van der Waals surface area contributed by atoms with Crippen LogP contribution < -0.4 is 5.32 Å². The molecule has 2 saturated heterocycles. The van der Waals surface area contributed by atoms with Gasteiger partial charge in [-0.2, -0.15) is 11.8 Å². The van der Waals surface area contributed by atoms with Crippen LogP contribution in [0.15, 0.2) is 4.99 Å². The van der Waals surface area contributed by atoms with Crippen LogP contribution in [0.1, 0.15) is 33.1 Å². The van der Waals surface area contributed by atoms with Gasteiger partial charge >= 0.3 is 0 Å². The molecule has 2 fully saturated rings. The summed E-state index contributed by atoms with van der Waals surface area (Å²) in [6.07, 6.45) is 3.37. The van der Waals surface area contributed by atoms with Gasteiger partial charge < -0.3 is 19.9 Å². The summed E-state index contributed by atoms with van der Waals surface area (Å²) in [4.78, 5) is 9.85. The minimum absolute atomic E-state index is 0. The van der Waals surface area contributed by atoms with E-state index >= 15 is 0 Å². The van der Waals surface area contributed by atoms with Crippen molar-refractivity contribution in [3.05, 3.63) is 0 Å². The van der Waals surface area contributed by atoms with Gasteiger partial charge in [-0.15, -0.1) is 24.0 Å². The Labute approximate surface area is 169 Å². The second kappa shape index (κ2) is 11.1. The molecule has 1 N–H and O–H groups in total. The predicted octanol–water partition coefficient (Wildman–Crippen LogP) is 2.51. The van der Waals surface area contributed by atoms with E-state index in [2.05, 4.69) is 54.8 Å². The second-order valence-electron chi connectivity index (χ2n) is 6.75. The van der Waals surface area contributed by atoms with Crippen molar-refractivity contribution < 1.29 is 4.74 Å². The third-order valence-corrected chi connectivity index (χ3v) is 6.50. The van der Waals surface area contributed by atoms with Gasteiger partial charge in [-0.1, -0.05) is 6.92 Å². The number of halogens is 1. The van der Waals surface area contributed by atoms with Gasteiger partial charge in [0.2, 0.25) is 0 Å². The second-order valence-corrected chi connectivity index (χ2v) is 8.16. The lowest BCUT2D eigenvalue weighted by atomic mass is 9.89. The molecule has 0 spiro atoms. The first kappa shape index (κ1) is 22.3. The smallest absolute Gasteiger partial charge is 0.194 e. The predicted molar refractivity (Wildman–Crippen MR) is 116 cm³/mol. The Morgan fingerprint density at radius 2 is 2.04 bits per heavy atom. The quantitative estimate of drug-likeness (QED) is 0.380. The zero-order chi connectivity index (χ0) is 16.7. The van der Waals surface area contributed by atoms with Crippen LogP contribution in [-0.2, 0) is 4.74 Å². The maximum absolute atomic E-state index is 5.57. The van der Waals surface area contributed by atoms with Gasteiger partial charge in [0.05, 0.1) is 6.54 Å². The van der Waals surface area contributed by atoms with Crippen LogP contribution in [0.3, 0.4) is 0 Å². The van der Waals surface area contributed by atoms with Crippen molar-refractivity contribution in [2.75, 3.05) is 59.2 Å². The number of nitrogens with one attached hydrogen (secondary N) is 1. The topological polar surface area (TPSA) is 40.1 Å². The van der Waals surface area contributed by atoms with Crippen LogP contribution >= 0.6 is 35.7 Å². The van der Waals surface area contributed by atoms with Crippen LogP contribution in [-0.4, -0.2) is 85.8 Å². The largest absolute Gasteiger partial charge is 0.381 e. The van der Waals surface area contributed by atoms with E-state index in [1.165, 1.54) is 12.2 Å². The summed E-state index contributed by atoms with van der Waals surface area (Å²) in [7, 11) is 4.36. The first-order valence-electron chi connectivity index (χ1n) is 9.01. The molecule has 0 aliphatic carbocycles. The molecule has 0 amide bonds. The fraction of sp³-hybridized carbons (Fsp3) is 0.941. The molecule has 7 heteroatoms. The number of ether oxygens (including phenoxy) is 1. The Morgan fingerprint density at radius 1 is 1.33 bits per heavy atom. The number of nitrogens with zero attached hydrogens (tertiary/aromatic N) is 3. The van der Waals surface area contributed by atoms with E-state index < -0.39 is 0 Å². The Hall–Kier alpha value is 0.270. The summed E-state index contributed by atoms with van der Waals surface area (Å²) in [6, 6.07) is 0. The fourth-order valence-corrected chi connectivity index (χ4v) is 4.48. The maximum Gasteiger partial charge on any atom is 0.194 e. The molecule has 2 rings (SSSR count). The average Bonchev–Trinajstić information content (AvgIpc) is 2.59. The van der Waals surface area contributed by atoms with Gasteiger partial charge in [0.15, 0.2) is 5.96 Å². The summed E-state index contributed by atoms with van der Waals surface area (Å²) in [5.41, 5.74) is 0.146. The molecule has 1 atom stereocenters. The normalized spacial score (nSPS) is 24.6. The zero-order valence-corrected chi connectivity index (χ0v) is 18.9. The molecule has 2 heterocycles. The first-order valence-corrected chi connectivity index (χ1v) is 10.1.